The maximum absolute atomic E-state index is 11.0. The molecule has 1 aromatic carbocycles. The molecular formula is C16H24O4. The average Bonchev–Trinajstić information content (AvgIpc) is 2.40. The van der Waals surface area contributed by atoms with E-state index in [-0.39, 0.29) is 12.1 Å². The van der Waals surface area contributed by atoms with Gasteiger partial charge in [-0.25, -0.2) is 0 Å². The van der Waals surface area contributed by atoms with E-state index in [1.165, 1.54) is 0 Å². The van der Waals surface area contributed by atoms with Gasteiger partial charge in [-0.05, 0) is 38.5 Å². The second kappa shape index (κ2) is 9.50. The predicted molar refractivity (Wildman–Crippen MR) is 78.0 cm³/mol. The first-order valence-electron chi connectivity index (χ1n) is 7.10. The van der Waals surface area contributed by atoms with Crippen molar-refractivity contribution in [2.45, 2.75) is 39.9 Å². The minimum Gasteiger partial charge on any atom is -0.493 e. The highest BCUT2D eigenvalue weighted by Gasteiger charge is 2.08. The molecule has 20 heavy (non-hydrogen) atoms. The molecule has 0 aromatic heterocycles. The van der Waals surface area contributed by atoms with Crippen molar-refractivity contribution in [1.82, 2.24) is 0 Å². The third kappa shape index (κ3) is 6.68. The highest BCUT2D eigenvalue weighted by molar-refractivity contribution is 5.78. The number of ketones is 1. The van der Waals surface area contributed by atoms with Gasteiger partial charge in [0.1, 0.15) is 11.5 Å². The molecule has 4 nitrogen and oxygen atoms in total. The number of rotatable bonds is 10. The molecule has 0 N–H and O–H groups in total. The standard InChI is InChI=1S/C16H24O4/c1-4-18-16(19-5-2)10-11-20-15-8-6-14(7-9-15)12-13(3)17/h6-9,16H,4-5,10-12H2,1-3H3. The van der Waals surface area contributed by atoms with Crippen molar-refractivity contribution >= 4 is 5.78 Å². The van der Waals surface area contributed by atoms with Crippen LogP contribution in [0.25, 0.3) is 0 Å². The fraction of sp³-hybridized carbons (Fsp3) is 0.562. The third-order valence-corrected chi connectivity index (χ3v) is 2.70. The Hall–Kier alpha value is -1.39. The highest BCUT2D eigenvalue weighted by atomic mass is 16.7. The Morgan fingerprint density at radius 2 is 1.70 bits per heavy atom. The molecule has 0 spiro atoms. The van der Waals surface area contributed by atoms with Gasteiger partial charge < -0.3 is 14.2 Å². The monoisotopic (exact) mass is 280 g/mol. The van der Waals surface area contributed by atoms with Crippen LogP contribution in [0.4, 0.5) is 0 Å². The summed E-state index contributed by atoms with van der Waals surface area (Å²) in [7, 11) is 0. The van der Waals surface area contributed by atoms with E-state index < -0.39 is 0 Å². The summed E-state index contributed by atoms with van der Waals surface area (Å²) in [6.45, 7) is 7.28. The lowest BCUT2D eigenvalue weighted by Crippen LogP contribution is -2.20. The van der Waals surface area contributed by atoms with Crippen LogP contribution in [0.5, 0.6) is 5.75 Å². The van der Waals surface area contributed by atoms with Gasteiger partial charge in [0, 0.05) is 26.1 Å². The Kier molecular flexibility index (Phi) is 7.92. The summed E-state index contributed by atoms with van der Waals surface area (Å²) in [5.74, 6) is 0.957. The normalized spacial score (nSPS) is 10.8. The van der Waals surface area contributed by atoms with Crippen LogP contribution in [0.1, 0.15) is 32.8 Å². The van der Waals surface area contributed by atoms with Gasteiger partial charge in [0.15, 0.2) is 6.29 Å². The number of carbonyl (C=O) groups is 1. The molecule has 4 heteroatoms. The second-order valence-corrected chi connectivity index (χ2v) is 4.50. The molecule has 0 fully saturated rings. The van der Waals surface area contributed by atoms with E-state index in [1.54, 1.807) is 6.92 Å². The molecule has 0 aliphatic rings. The zero-order valence-electron chi connectivity index (χ0n) is 12.6. The molecule has 0 amide bonds. The van der Waals surface area contributed by atoms with E-state index >= 15 is 0 Å². The molecule has 0 aliphatic heterocycles. The Morgan fingerprint density at radius 3 is 2.20 bits per heavy atom. The van der Waals surface area contributed by atoms with Gasteiger partial charge in [0.2, 0.25) is 0 Å². The summed E-state index contributed by atoms with van der Waals surface area (Å²) in [5.41, 5.74) is 1.01. The summed E-state index contributed by atoms with van der Waals surface area (Å²) in [5, 5.41) is 0. The summed E-state index contributed by atoms with van der Waals surface area (Å²) in [4.78, 5) is 11.0. The van der Waals surface area contributed by atoms with Crippen molar-refractivity contribution in [3.8, 4) is 5.75 Å². The van der Waals surface area contributed by atoms with Gasteiger partial charge in [0.05, 0.1) is 6.61 Å². The Bertz CT molecular complexity index is 380. The van der Waals surface area contributed by atoms with Crippen LogP contribution in [0.3, 0.4) is 0 Å². The van der Waals surface area contributed by atoms with Gasteiger partial charge in [-0.15, -0.1) is 0 Å². The molecule has 112 valence electrons. The molecule has 0 atom stereocenters. The van der Waals surface area contributed by atoms with Gasteiger partial charge in [-0.1, -0.05) is 12.1 Å². The van der Waals surface area contributed by atoms with E-state index in [0.29, 0.717) is 32.7 Å². The molecule has 0 bridgehead atoms. The van der Waals surface area contributed by atoms with E-state index in [2.05, 4.69) is 0 Å². The number of carbonyl (C=O) groups excluding carboxylic acids is 1. The fourth-order valence-corrected chi connectivity index (χ4v) is 1.85. The maximum atomic E-state index is 11.0. The highest BCUT2D eigenvalue weighted by Crippen LogP contribution is 2.13. The Labute approximate surface area is 121 Å². The van der Waals surface area contributed by atoms with Crippen LogP contribution < -0.4 is 4.74 Å². The zero-order chi connectivity index (χ0) is 14.8. The van der Waals surface area contributed by atoms with Crippen molar-refractivity contribution < 1.29 is 19.0 Å². The summed E-state index contributed by atoms with van der Waals surface area (Å²) < 4.78 is 16.5. The molecular weight excluding hydrogens is 256 g/mol. The van der Waals surface area contributed by atoms with E-state index in [1.807, 2.05) is 38.1 Å². The SMILES string of the molecule is CCOC(CCOc1ccc(CC(C)=O)cc1)OCC. The van der Waals surface area contributed by atoms with Crippen molar-refractivity contribution in [1.29, 1.82) is 0 Å². The van der Waals surface area contributed by atoms with Crippen molar-refractivity contribution in [3.63, 3.8) is 0 Å². The number of Topliss-reactive ketones (excluding diaryl/α,β-unsaturated/α-hetero) is 1. The average molecular weight is 280 g/mol. The van der Waals surface area contributed by atoms with Crippen LogP contribution in [-0.2, 0) is 20.7 Å². The molecule has 0 aliphatic carbocycles. The summed E-state index contributed by atoms with van der Waals surface area (Å²) in [6.07, 6.45) is 0.954. The van der Waals surface area contributed by atoms with Crippen LogP contribution >= 0.6 is 0 Å². The first-order valence-corrected chi connectivity index (χ1v) is 7.10. The molecule has 0 heterocycles. The van der Waals surface area contributed by atoms with Crippen LogP contribution in [0, 0.1) is 0 Å². The summed E-state index contributed by atoms with van der Waals surface area (Å²) >= 11 is 0. The zero-order valence-corrected chi connectivity index (χ0v) is 12.6. The minimum atomic E-state index is -0.206. The van der Waals surface area contributed by atoms with E-state index in [9.17, 15) is 4.79 Å². The molecule has 0 radical (unpaired) electrons. The molecule has 1 rings (SSSR count). The smallest absolute Gasteiger partial charge is 0.160 e. The van der Waals surface area contributed by atoms with Crippen LogP contribution in [-0.4, -0.2) is 31.9 Å². The van der Waals surface area contributed by atoms with E-state index in [0.717, 1.165) is 11.3 Å². The van der Waals surface area contributed by atoms with Crippen LogP contribution in [0.2, 0.25) is 0 Å². The van der Waals surface area contributed by atoms with Gasteiger partial charge in [-0.2, -0.15) is 0 Å². The van der Waals surface area contributed by atoms with Crippen LogP contribution in [0.15, 0.2) is 24.3 Å². The lowest BCUT2D eigenvalue weighted by molar-refractivity contribution is -0.142. The van der Waals surface area contributed by atoms with Crippen molar-refractivity contribution in [2.24, 2.45) is 0 Å². The largest absolute Gasteiger partial charge is 0.493 e. The van der Waals surface area contributed by atoms with Crippen molar-refractivity contribution in [2.75, 3.05) is 19.8 Å². The second-order valence-electron chi connectivity index (χ2n) is 4.50. The predicted octanol–water partition coefficient (Wildman–Crippen LogP) is 2.99. The molecule has 0 saturated heterocycles. The molecule has 0 unspecified atom stereocenters. The third-order valence-electron chi connectivity index (χ3n) is 2.70. The first-order chi connectivity index (χ1) is 9.65. The number of ether oxygens (including phenoxy) is 3. The van der Waals surface area contributed by atoms with Gasteiger partial charge >= 0.3 is 0 Å². The summed E-state index contributed by atoms with van der Waals surface area (Å²) in [6, 6.07) is 7.60. The number of hydrogen-bond donors (Lipinski definition) is 0. The maximum Gasteiger partial charge on any atom is 0.160 e. The quantitative estimate of drug-likeness (QED) is 0.618. The lowest BCUT2D eigenvalue weighted by atomic mass is 10.1. The molecule has 0 saturated carbocycles. The van der Waals surface area contributed by atoms with Gasteiger partial charge in [0.25, 0.3) is 0 Å². The fourth-order valence-electron chi connectivity index (χ4n) is 1.85. The Balaban J connectivity index is 2.35. The minimum absolute atomic E-state index is 0.162. The topological polar surface area (TPSA) is 44.8 Å². The van der Waals surface area contributed by atoms with E-state index in [4.69, 9.17) is 14.2 Å². The first kappa shape index (κ1) is 16.7. The number of benzene rings is 1. The molecule has 1 aromatic rings. The number of hydrogen-bond acceptors (Lipinski definition) is 4. The Morgan fingerprint density at radius 1 is 1.10 bits per heavy atom. The van der Waals surface area contributed by atoms with Crippen molar-refractivity contribution in [3.05, 3.63) is 29.8 Å². The lowest BCUT2D eigenvalue weighted by Gasteiger charge is -2.17. The van der Waals surface area contributed by atoms with Gasteiger partial charge in [-0.3, -0.25) is 4.79 Å².